The van der Waals surface area contributed by atoms with E-state index in [9.17, 15) is 22.4 Å². The van der Waals surface area contributed by atoms with Crippen molar-refractivity contribution in [1.82, 2.24) is 15.6 Å². The molecule has 5 nitrogen and oxygen atoms in total. The van der Waals surface area contributed by atoms with Gasteiger partial charge in [-0.25, -0.2) is 9.18 Å². The van der Waals surface area contributed by atoms with Crippen LogP contribution in [0, 0.1) is 9.39 Å². The fourth-order valence-electron chi connectivity index (χ4n) is 4.77. The number of amides is 2. The number of rotatable bonds is 7. The minimum atomic E-state index is -4.79. The normalized spacial score (nSPS) is 15.7. The van der Waals surface area contributed by atoms with Gasteiger partial charge >= 0.3 is 12.2 Å². The van der Waals surface area contributed by atoms with Gasteiger partial charge in [-0.2, -0.15) is 13.2 Å². The monoisotopic (exact) mass is 627 g/mol. The molecule has 1 aliphatic carbocycles. The van der Waals surface area contributed by atoms with Gasteiger partial charge in [-0.3, -0.25) is 4.98 Å². The topological polar surface area (TPSA) is 63.2 Å². The summed E-state index contributed by atoms with van der Waals surface area (Å²) in [5.74, 6) is -0.597. The van der Waals surface area contributed by atoms with Crippen molar-refractivity contribution in [2.24, 2.45) is 0 Å². The third-order valence-corrected chi connectivity index (χ3v) is 7.19. The van der Waals surface area contributed by atoms with E-state index in [0.29, 0.717) is 17.4 Å². The van der Waals surface area contributed by atoms with Gasteiger partial charge in [0.15, 0.2) is 0 Å². The molecule has 4 rings (SSSR count). The highest BCUT2D eigenvalue weighted by atomic mass is 127. The van der Waals surface area contributed by atoms with Crippen LogP contribution in [0.4, 0.5) is 22.4 Å². The van der Waals surface area contributed by atoms with Crippen LogP contribution >= 0.6 is 22.6 Å². The molecule has 0 bridgehead atoms. The summed E-state index contributed by atoms with van der Waals surface area (Å²) in [5, 5.41) is 5.84. The zero-order valence-corrected chi connectivity index (χ0v) is 22.2. The van der Waals surface area contributed by atoms with Crippen molar-refractivity contribution in [3.8, 4) is 5.75 Å². The first kappa shape index (κ1) is 27.2. The average Bonchev–Trinajstić information content (AvgIpc) is 3.36. The minimum absolute atomic E-state index is 0.0383. The van der Waals surface area contributed by atoms with E-state index in [0.717, 1.165) is 41.4 Å². The molecule has 2 amide bonds. The van der Waals surface area contributed by atoms with Crippen LogP contribution in [-0.2, 0) is 18.1 Å². The number of carbonyl (C=O) groups excluding carboxylic acids is 1. The quantitative estimate of drug-likeness (QED) is 0.230. The number of nitrogens with one attached hydrogen (secondary N) is 2. The third-order valence-electron chi connectivity index (χ3n) is 6.55. The van der Waals surface area contributed by atoms with Gasteiger partial charge in [-0.05, 0) is 83.0 Å². The molecule has 2 aromatic carbocycles. The molecule has 0 spiro atoms. The Morgan fingerprint density at radius 3 is 2.43 bits per heavy atom. The first-order chi connectivity index (χ1) is 17.6. The highest BCUT2D eigenvalue weighted by molar-refractivity contribution is 14.1. The summed E-state index contributed by atoms with van der Waals surface area (Å²) in [4.78, 5) is 17.8. The zero-order chi connectivity index (χ0) is 26.6. The molecule has 1 aliphatic rings. The predicted molar refractivity (Wildman–Crippen MR) is 140 cm³/mol. The molecule has 1 aromatic heterocycles. The van der Waals surface area contributed by atoms with E-state index < -0.39 is 29.1 Å². The van der Waals surface area contributed by atoms with Gasteiger partial charge < -0.3 is 15.4 Å². The van der Waals surface area contributed by atoms with Crippen molar-refractivity contribution < 1.29 is 27.1 Å². The summed E-state index contributed by atoms with van der Waals surface area (Å²) in [6, 6.07) is 12.1. The highest BCUT2D eigenvalue weighted by Gasteiger charge is 2.41. The fraction of sp³-hybridized carbons (Fsp3) is 0.333. The Hall–Kier alpha value is -2.89. The van der Waals surface area contributed by atoms with E-state index in [2.05, 4.69) is 38.2 Å². The summed E-state index contributed by atoms with van der Waals surface area (Å²) in [6.45, 7) is 0. The maximum Gasteiger partial charge on any atom is 0.416 e. The molecule has 0 unspecified atom stereocenters. The van der Waals surface area contributed by atoms with E-state index in [4.69, 9.17) is 4.74 Å². The first-order valence-electron chi connectivity index (χ1n) is 11.8. The number of aromatic nitrogens is 1. The summed E-state index contributed by atoms with van der Waals surface area (Å²) >= 11 is 2.06. The number of nitrogens with zero attached hydrogens (tertiary/aromatic N) is 1. The van der Waals surface area contributed by atoms with Gasteiger partial charge in [0, 0.05) is 22.2 Å². The van der Waals surface area contributed by atoms with Gasteiger partial charge in [0.05, 0.1) is 18.4 Å². The molecule has 1 saturated carbocycles. The molecule has 0 radical (unpaired) electrons. The van der Waals surface area contributed by atoms with Crippen molar-refractivity contribution in [3.63, 3.8) is 0 Å². The van der Waals surface area contributed by atoms with E-state index in [1.54, 1.807) is 42.6 Å². The number of alkyl halides is 3. The smallest absolute Gasteiger partial charge is 0.416 e. The van der Waals surface area contributed by atoms with Gasteiger partial charge in [0.25, 0.3) is 0 Å². The van der Waals surface area contributed by atoms with Gasteiger partial charge in [0.2, 0.25) is 0 Å². The lowest BCUT2D eigenvalue weighted by molar-refractivity contribution is -0.137. The Bertz CT molecular complexity index is 1250. The average molecular weight is 627 g/mol. The lowest BCUT2D eigenvalue weighted by Gasteiger charge is -2.36. The SMILES string of the molecule is COc1ccccc1C[C@@](NC(=O)NC1CCCC1)(c1cc(F)cc(C(F)(F)F)c1)c1ccc(I)cn1. The van der Waals surface area contributed by atoms with Gasteiger partial charge in [-0.15, -0.1) is 0 Å². The van der Waals surface area contributed by atoms with Crippen LogP contribution in [0.15, 0.2) is 60.8 Å². The summed E-state index contributed by atoms with van der Waals surface area (Å²) in [5.41, 5.74) is -2.02. The Morgan fingerprint density at radius 2 is 1.78 bits per heavy atom. The number of carbonyl (C=O) groups is 1. The number of para-hydroxylation sites is 1. The maximum absolute atomic E-state index is 14.7. The largest absolute Gasteiger partial charge is 0.496 e. The molecule has 2 N–H and O–H groups in total. The Balaban J connectivity index is 1.93. The second kappa shape index (κ2) is 11.2. The predicted octanol–water partition coefficient (Wildman–Crippen LogP) is 6.58. The first-order valence-corrected chi connectivity index (χ1v) is 12.9. The van der Waals surface area contributed by atoms with Crippen LogP contribution in [0.25, 0.3) is 0 Å². The molecule has 1 fully saturated rings. The van der Waals surface area contributed by atoms with Crippen LogP contribution in [0.5, 0.6) is 5.75 Å². The molecular weight excluding hydrogens is 601 g/mol. The summed E-state index contributed by atoms with van der Waals surface area (Å²) < 4.78 is 62.3. The number of benzene rings is 2. The number of hydrogen-bond acceptors (Lipinski definition) is 3. The van der Waals surface area contributed by atoms with E-state index in [1.807, 2.05) is 0 Å². The summed E-state index contributed by atoms with van der Waals surface area (Å²) in [7, 11) is 1.48. The lowest BCUT2D eigenvalue weighted by atomic mass is 9.79. The molecule has 10 heteroatoms. The number of hydrogen-bond donors (Lipinski definition) is 2. The molecule has 0 aliphatic heterocycles. The number of pyridine rings is 1. The minimum Gasteiger partial charge on any atom is -0.496 e. The Morgan fingerprint density at radius 1 is 1.08 bits per heavy atom. The molecule has 1 atom stereocenters. The molecule has 1 heterocycles. The van der Waals surface area contributed by atoms with Crippen LogP contribution in [0.2, 0.25) is 0 Å². The molecular formula is C27H26F4IN3O2. The Labute approximate surface area is 226 Å². The zero-order valence-electron chi connectivity index (χ0n) is 20.0. The van der Waals surface area contributed by atoms with Gasteiger partial charge in [-0.1, -0.05) is 31.0 Å². The van der Waals surface area contributed by atoms with E-state index in [1.165, 1.54) is 7.11 Å². The van der Waals surface area contributed by atoms with Crippen molar-refractivity contribution in [2.45, 2.75) is 49.9 Å². The van der Waals surface area contributed by atoms with E-state index >= 15 is 0 Å². The second-order valence-electron chi connectivity index (χ2n) is 9.06. The van der Waals surface area contributed by atoms with Crippen molar-refractivity contribution in [2.75, 3.05) is 7.11 Å². The van der Waals surface area contributed by atoms with Crippen LogP contribution in [0.1, 0.15) is 48.1 Å². The molecule has 3 aromatic rings. The highest BCUT2D eigenvalue weighted by Crippen LogP contribution is 2.39. The second-order valence-corrected chi connectivity index (χ2v) is 10.3. The fourth-order valence-corrected chi connectivity index (χ4v) is 5.09. The van der Waals surface area contributed by atoms with Crippen molar-refractivity contribution >= 4 is 28.6 Å². The summed E-state index contributed by atoms with van der Waals surface area (Å²) in [6.07, 6.45) is 0.304. The van der Waals surface area contributed by atoms with Gasteiger partial charge in [0.1, 0.15) is 17.1 Å². The van der Waals surface area contributed by atoms with Crippen molar-refractivity contribution in [1.29, 1.82) is 0 Å². The number of halogens is 5. The Kier molecular flexibility index (Phi) is 8.25. The van der Waals surface area contributed by atoms with E-state index in [-0.39, 0.29) is 23.7 Å². The van der Waals surface area contributed by atoms with Crippen molar-refractivity contribution in [3.05, 3.63) is 92.6 Å². The number of urea groups is 1. The standard InChI is InChI=1S/C27H26F4IN3O2/c1-37-23-9-5-2-6-17(23)15-26(24-11-10-21(32)16-33-24,35-25(36)34-22-7-3-4-8-22)18-12-19(27(29,30)31)14-20(28)13-18/h2,5-6,9-14,16,22H,3-4,7-8,15H2,1H3,(H2,34,35,36)/t26-/m1/s1. The maximum atomic E-state index is 14.7. The van der Waals surface area contributed by atoms with Crippen LogP contribution in [0.3, 0.4) is 0 Å². The van der Waals surface area contributed by atoms with Crippen LogP contribution in [-0.4, -0.2) is 24.2 Å². The number of methoxy groups -OCH3 is 1. The molecule has 37 heavy (non-hydrogen) atoms. The molecule has 0 saturated heterocycles. The van der Waals surface area contributed by atoms with Crippen LogP contribution < -0.4 is 15.4 Å². The lowest BCUT2D eigenvalue weighted by Crippen LogP contribution is -2.54. The third kappa shape index (κ3) is 6.34. The number of ether oxygens (including phenoxy) is 1. The molecule has 196 valence electrons.